The lowest BCUT2D eigenvalue weighted by Crippen LogP contribution is -2.10. The Morgan fingerprint density at radius 1 is 0.679 bits per heavy atom. The number of rotatable bonds is 9. The third-order valence-electron chi connectivity index (χ3n) is 3.63. The highest BCUT2D eigenvalue weighted by molar-refractivity contribution is 5.77. The Labute approximate surface area is 159 Å². The van der Waals surface area contributed by atoms with Crippen molar-refractivity contribution in [1.82, 2.24) is 0 Å². The van der Waals surface area contributed by atoms with Gasteiger partial charge in [0.2, 0.25) is 0 Å². The fourth-order valence-electron chi connectivity index (χ4n) is 2.10. The number of hydrogen-bond donors (Lipinski definition) is 0. The van der Waals surface area contributed by atoms with E-state index in [4.69, 9.17) is 9.47 Å². The molecule has 0 bridgehead atoms. The average molecular weight is 388 g/mol. The number of nitro groups is 2. The van der Waals surface area contributed by atoms with E-state index in [-0.39, 0.29) is 37.4 Å². The van der Waals surface area contributed by atoms with Crippen LogP contribution in [0.3, 0.4) is 0 Å². The second-order valence-corrected chi connectivity index (χ2v) is 5.67. The predicted molar refractivity (Wildman–Crippen MR) is 95.0 cm³/mol. The number of nitro benzene ring substituents is 2. The Morgan fingerprint density at radius 2 is 1.00 bits per heavy atom. The van der Waals surface area contributed by atoms with Gasteiger partial charge >= 0.3 is 11.9 Å². The topological polar surface area (TPSA) is 139 Å². The first-order valence-electron chi connectivity index (χ1n) is 8.13. The summed E-state index contributed by atoms with van der Waals surface area (Å²) < 4.78 is 9.99. The summed E-state index contributed by atoms with van der Waals surface area (Å²) in [5, 5.41) is 21.1. The number of hydrogen-bond acceptors (Lipinski definition) is 8. The second-order valence-electron chi connectivity index (χ2n) is 5.67. The van der Waals surface area contributed by atoms with Gasteiger partial charge in [-0.3, -0.25) is 29.8 Å². The first-order chi connectivity index (χ1) is 13.3. The Morgan fingerprint density at radius 3 is 1.29 bits per heavy atom. The van der Waals surface area contributed by atoms with Gasteiger partial charge in [-0.05, 0) is 35.4 Å². The molecule has 0 aliphatic carbocycles. The maximum absolute atomic E-state index is 11.7. The monoisotopic (exact) mass is 388 g/mol. The van der Waals surface area contributed by atoms with E-state index in [0.29, 0.717) is 11.1 Å². The molecule has 2 rings (SSSR count). The van der Waals surface area contributed by atoms with Gasteiger partial charge in [0.25, 0.3) is 11.4 Å². The zero-order valence-corrected chi connectivity index (χ0v) is 14.6. The summed E-state index contributed by atoms with van der Waals surface area (Å²) in [6, 6.07) is 11.1. The molecule has 146 valence electrons. The number of nitrogens with zero attached hydrogens (tertiary/aromatic N) is 2. The van der Waals surface area contributed by atoms with Gasteiger partial charge < -0.3 is 9.47 Å². The summed E-state index contributed by atoms with van der Waals surface area (Å²) in [4.78, 5) is 43.4. The van der Waals surface area contributed by atoms with E-state index < -0.39 is 21.8 Å². The van der Waals surface area contributed by atoms with E-state index in [1.165, 1.54) is 48.5 Å². The van der Waals surface area contributed by atoms with Gasteiger partial charge in [-0.1, -0.05) is 0 Å². The maximum Gasteiger partial charge on any atom is 0.306 e. The molecule has 0 saturated carbocycles. The van der Waals surface area contributed by atoms with E-state index >= 15 is 0 Å². The summed E-state index contributed by atoms with van der Waals surface area (Å²) in [5.74, 6) is -1.21. The van der Waals surface area contributed by atoms with Gasteiger partial charge in [0.15, 0.2) is 0 Å². The highest BCUT2D eigenvalue weighted by Gasteiger charge is 2.11. The number of ether oxygens (including phenoxy) is 2. The zero-order chi connectivity index (χ0) is 20.5. The fraction of sp³-hybridized carbons (Fsp3) is 0.222. The molecule has 28 heavy (non-hydrogen) atoms. The fourth-order valence-corrected chi connectivity index (χ4v) is 2.10. The Hall–Kier alpha value is -3.82. The molecule has 0 unspecified atom stereocenters. The van der Waals surface area contributed by atoms with Crippen molar-refractivity contribution in [2.24, 2.45) is 0 Å². The molecule has 0 N–H and O–H groups in total. The van der Waals surface area contributed by atoms with Gasteiger partial charge in [-0.2, -0.15) is 0 Å². The van der Waals surface area contributed by atoms with Crippen molar-refractivity contribution in [3.05, 3.63) is 79.9 Å². The van der Waals surface area contributed by atoms with Gasteiger partial charge in [0.1, 0.15) is 13.2 Å². The number of esters is 2. The lowest BCUT2D eigenvalue weighted by molar-refractivity contribution is -0.385. The summed E-state index contributed by atoms with van der Waals surface area (Å²) in [6.07, 6.45) is -0.349. The van der Waals surface area contributed by atoms with E-state index in [2.05, 4.69) is 0 Å². The van der Waals surface area contributed by atoms with Crippen LogP contribution in [0, 0.1) is 20.2 Å². The molecule has 10 heteroatoms. The Balaban J connectivity index is 1.68. The molecule has 0 saturated heterocycles. The van der Waals surface area contributed by atoms with Crippen molar-refractivity contribution in [2.75, 3.05) is 0 Å². The molecule has 0 aliphatic heterocycles. The Bertz CT molecular complexity index is 789. The molecule has 10 nitrogen and oxygen atoms in total. The SMILES string of the molecule is O=C(CCC(=O)OCc1ccc([N+](=O)[O-])cc1)OCc1ccc([N+](=O)[O-])cc1. The van der Waals surface area contributed by atoms with Crippen molar-refractivity contribution in [1.29, 1.82) is 0 Å². The van der Waals surface area contributed by atoms with E-state index in [1.807, 2.05) is 0 Å². The second kappa shape index (κ2) is 9.76. The van der Waals surface area contributed by atoms with Crippen molar-refractivity contribution < 1.29 is 28.9 Å². The highest BCUT2D eigenvalue weighted by Crippen LogP contribution is 2.14. The third kappa shape index (κ3) is 6.48. The maximum atomic E-state index is 11.7. The molecule has 2 aromatic carbocycles. The largest absolute Gasteiger partial charge is 0.461 e. The molecule has 0 aliphatic rings. The molecule has 0 aromatic heterocycles. The first kappa shape index (κ1) is 20.5. The van der Waals surface area contributed by atoms with Crippen LogP contribution in [0.15, 0.2) is 48.5 Å². The van der Waals surface area contributed by atoms with Crippen molar-refractivity contribution in [3.8, 4) is 0 Å². The van der Waals surface area contributed by atoms with Crippen molar-refractivity contribution in [2.45, 2.75) is 26.1 Å². The van der Waals surface area contributed by atoms with Gasteiger partial charge in [-0.25, -0.2) is 0 Å². The van der Waals surface area contributed by atoms with Gasteiger partial charge in [0.05, 0.1) is 22.7 Å². The van der Waals surface area contributed by atoms with Crippen LogP contribution in [0.5, 0.6) is 0 Å². The summed E-state index contributed by atoms with van der Waals surface area (Å²) in [7, 11) is 0. The smallest absolute Gasteiger partial charge is 0.306 e. The number of non-ortho nitro benzene ring substituents is 2. The first-order valence-corrected chi connectivity index (χ1v) is 8.13. The minimum Gasteiger partial charge on any atom is -0.461 e. The van der Waals surface area contributed by atoms with Gasteiger partial charge in [-0.15, -0.1) is 0 Å². The predicted octanol–water partition coefficient (Wildman–Crippen LogP) is 3.07. The normalized spacial score (nSPS) is 10.1. The Kier molecular flexibility index (Phi) is 7.14. The molecular weight excluding hydrogens is 372 g/mol. The quantitative estimate of drug-likeness (QED) is 0.363. The van der Waals surface area contributed by atoms with E-state index in [1.54, 1.807) is 0 Å². The summed E-state index contributed by atoms with van der Waals surface area (Å²) in [6.45, 7) is -0.122. The molecule has 0 spiro atoms. The van der Waals surface area contributed by atoms with Crippen LogP contribution in [-0.4, -0.2) is 21.8 Å². The van der Waals surface area contributed by atoms with Crippen LogP contribution in [0.4, 0.5) is 11.4 Å². The summed E-state index contributed by atoms with van der Waals surface area (Å²) >= 11 is 0. The molecule has 0 amide bonds. The number of benzene rings is 2. The lowest BCUT2D eigenvalue weighted by Gasteiger charge is -2.06. The summed E-state index contributed by atoms with van der Waals surface area (Å²) in [5.41, 5.74) is 1.04. The van der Waals surface area contributed by atoms with Crippen molar-refractivity contribution in [3.63, 3.8) is 0 Å². The van der Waals surface area contributed by atoms with Crippen LogP contribution >= 0.6 is 0 Å². The van der Waals surface area contributed by atoms with Crippen LogP contribution < -0.4 is 0 Å². The number of carbonyl (C=O) groups excluding carboxylic acids is 2. The van der Waals surface area contributed by atoms with Crippen LogP contribution in [0.1, 0.15) is 24.0 Å². The van der Waals surface area contributed by atoms with Gasteiger partial charge in [0, 0.05) is 24.3 Å². The zero-order valence-electron chi connectivity index (χ0n) is 14.6. The van der Waals surface area contributed by atoms with Crippen molar-refractivity contribution >= 4 is 23.3 Å². The minimum atomic E-state index is -0.606. The van der Waals surface area contributed by atoms with E-state index in [9.17, 15) is 29.8 Å². The molecule has 0 radical (unpaired) electrons. The van der Waals surface area contributed by atoms with Crippen LogP contribution in [0.25, 0.3) is 0 Å². The molecular formula is C18H16N2O8. The molecule has 2 aromatic rings. The minimum absolute atomic E-state index is 0.0608. The molecule has 0 fully saturated rings. The number of carbonyl (C=O) groups is 2. The third-order valence-corrected chi connectivity index (χ3v) is 3.63. The highest BCUT2D eigenvalue weighted by atomic mass is 16.6. The molecule has 0 heterocycles. The average Bonchev–Trinajstić information content (AvgIpc) is 2.69. The van der Waals surface area contributed by atoms with Crippen LogP contribution in [0.2, 0.25) is 0 Å². The lowest BCUT2D eigenvalue weighted by atomic mass is 10.2. The standard InChI is InChI=1S/C18H16N2O8/c21-17(27-11-13-1-5-15(6-2-13)19(23)24)9-10-18(22)28-12-14-3-7-16(8-4-14)20(25)26/h1-8H,9-12H2. The van der Waals surface area contributed by atoms with Crippen LogP contribution in [-0.2, 0) is 32.3 Å². The molecule has 0 atom stereocenters. The van der Waals surface area contributed by atoms with E-state index in [0.717, 1.165) is 0 Å².